The first-order valence-electron chi connectivity index (χ1n) is 9.14. The van der Waals surface area contributed by atoms with Crippen molar-refractivity contribution in [3.63, 3.8) is 0 Å². The largest absolute Gasteiger partial charge is 0.355 e. The highest BCUT2D eigenvalue weighted by atomic mass is 35.5. The fourth-order valence-electron chi connectivity index (χ4n) is 3.69. The number of hydrogen-bond acceptors (Lipinski definition) is 5. The lowest BCUT2D eigenvalue weighted by Gasteiger charge is -2.40. The second-order valence-electron chi connectivity index (χ2n) is 6.89. The van der Waals surface area contributed by atoms with Crippen LogP contribution < -0.4 is 5.32 Å². The molecule has 2 aromatic rings. The molecular weight excluding hydrogens is 368 g/mol. The van der Waals surface area contributed by atoms with Crippen LogP contribution in [-0.4, -0.2) is 65.5 Å². The van der Waals surface area contributed by atoms with Crippen LogP contribution in [0.25, 0.3) is 11.3 Å². The Morgan fingerprint density at radius 3 is 2.85 bits per heavy atom. The van der Waals surface area contributed by atoms with Gasteiger partial charge < -0.3 is 19.6 Å². The molecule has 1 unspecified atom stereocenters. The predicted octanol–water partition coefficient (Wildman–Crippen LogP) is 2.03. The van der Waals surface area contributed by atoms with Crippen LogP contribution in [0.4, 0.5) is 0 Å². The molecule has 2 aliphatic heterocycles. The van der Waals surface area contributed by atoms with Gasteiger partial charge in [-0.15, -0.1) is 0 Å². The van der Waals surface area contributed by atoms with Crippen molar-refractivity contribution in [1.29, 1.82) is 0 Å². The SMILES string of the molecule is O=C(c1cc(-c2ccc(Cl)cc2)on1)N1CCCC(N2CCNCC2=O)C1. The Bertz CT molecular complexity index is 836. The van der Waals surface area contributed by atoms with Gasteiger partial charge in [-0.05, 0) is 37.1 Å². The van der Waals surface area contributed by atoms with Gasteiger partial charge in [-0.3, -0.25) is 9.59 Å². The number of amides is 2. The maximum Gasteiger partial charge on any atom is 0.276 e. The minimum atomic E-state index is -0.161. The van der Waals surface area contributed by atoms with Crippen molar-refractivity contribution in [2.75, 3.05) is 32.7 Å². The number of carbonyl (C=O) groups is 2. The van der Waals surface area contributed by atoms with Gasteiger partial charge in [-0.2, -0.15) is 0 Å². The Kier molecular flexibility index (Phi) is 5.13. The molecule has 2 saturated heterocycles. The number of rotatable bonds is 3. The van der Waals surface area contributed by atoms with Gasteiger partial charge in [-0.1, -0.05) is 16.8 Å². The third-order valence-corrected chi connectivity index (χ3v) is 5.36. The summed E-state index contributed by atoms with van der Waals surface area (Å²) in [4.78, 5) is 28.7. The summed E-state index contributed by atoms with van der Waals surface area (Å²) in [7, 11) is 0. The maximum atomic E-state index is 12.9. The van der Waals surface area contributed by atoms with Gasteiger partial charge in [0.05, 0.1) is 6.54 Å². The number of likely N-dealkylation sites (tertiary alicyclic amines) is 1. The zero-order chi connectivity index (χ0) is 18.8. The molecule has 1 N–H and O–H groups in total. The van der Waals surface area contributed by atoms with Crippen molar-refractivity contribution in [3.05, 3.63) is 41.0 Å². The minimum Gasteiger partial charge on any atom is -0.355 e. The second-order valence-corrected chi connectivity index (χ2v) is 7.33. The van der Waals surface area contributed by atoms with E-state index in [4.69, 9.17) is 16.1 Å². The molecule has 0 radical (unpaired) electrons. The molecule has 2 amide bonds. The number of aromatic nitrogens is 1. The van der Waals surface area contributed by atoms with E-state index in [0.717, 1.165) is 24.9 Å². The molecular formula is C19H21ClN4O3. The molecule has 142 valence electrons. The van der Waals surface area contributed by atoms with Gasteiger partial charge in [0.25, 0.3) is 5.91 Å². The van der Waals surface area contributed by atoms with Gasteiger partial charge in [0.1, 0.15) is 0 Å². The van der Waals surface area contributed by atoms with Crippen molar-refractivity contribution < 1.29 is 14.1 Å². The first-order valence-corrected chi connectivity index (χ1v) is 9.52. The molecule has 0 bridgehead atoms. The molecule has 0 saturated carbocycles. The predicted molar refractivity (Wildman–Crippen MR) is 100 cm³/mol. The number of piperidine rings is 1. The van der Waals surface area contributed by atoms with Gasteiger partial charge in [0, 0.05) is 48.9 Å². The Labute approximate surface area is 162 Å². The molecule has 27 heavy (non-hydrogen) atoms. The van der Waals surface area contributed by atoms with Crippen LogP contribution in [0.5, 0.6) is 0 Å². The van der Waals surface area contributed by atoms with Crippen LogP contribution >= 0.6 is 11.6 Å². The number of halogens is 1. The van der Waals surface area contributed by atoms with Crippen molar-refractivity contribution in [2.24, 2.45) is 0 Å². The summed E-state index contributed by atoms with van der Waals surface area (Å²) in [5.74, 6) is 0.471. The highest BCUT2D eigenvalue weighted by Gasteiger charge is 2.32. The fraction of sp³-hybridized carbons (Fsp3) is 0.421. The van der Waals surface area contributed by atoms with Crippen molar-refractivity contribution in [2.45, 2.75) is 18.9 Å². The summed E-state index contributed by atoms with van der Waals surface area (Å²) in [6, 6.07) is 8.90. The Morgan fingerprint density at radius 1 is 1.26 bits per heavy atom. The van der Waals surface area contributed by atoms with Crippen LogP contribution in [0.15, 0.2) is 34.9 Å². The summed E-state index contributed by atoms with van der Waals surface area (Å²) >= 11 is 5.91. The van der Waals surface area contributed by atoms with Gasteiger partial charge in [0.2, 0.25) is 5.91 Å². The summed E-state index contributed by atoms with van der Waals surface area (Å²) in [6.07, 6.45) is 1.79. The number of nitrogens with zero attached hydrogens (tertiary/aromatic N) is 3. The molecule has 2 fully saturated rings. The van der Waals surface area contributed by atoms with E-state index in [1.165, 1.54) is 0 Å². The average molecular weight is 389 g/mol. The molecule has 2 aliphatic rings. The summed E-state index contributed by atoms with van der Waals surface area (Å²) in [5.41, 5.74) is 1.10. The summed E-state index contributed by atoms with van der Waals surface area (Å²) in [6.45, 7) is 3.06. The quantitative estimate of drug-likeness (QED) is 0.870. The lowest BCUT2D eigenvalue weighted by Crippen LogP contribution is -2.57. The Morgan fingerprint density at radius 2 is 2.07 bits per heavy atom. The molecule has 1 atom stereocenters. The van der Waals surface area contributed by atoms with Gasteiger partial charge in [0.15, 0.2) is 11.5 Å². The number of benzene rings is 1. The van der Waals surface area contributed by atoms with Crippen LogP contribution in [0.1, 0.15) is 23.3 Å². The van der Waals surface area contributed by atoms with Crippen molar-refractivity contribution in [3.8, 4) is 11.3 Å². The normalized spacial score (nSPS) is 20.8. The highest BCUT2D eigenvalue weighted by Crippen LogP contribution is 2.24. The van der Waals surface area contributed by atoms with Crippen LogP contribution in [0, 0.1) is 0 Å². The third-order valence-electron chi connectivity index (χ3n) is 5.11. The molecule has 4 rings (SSSR count). The van der Waals surface area contributed by atoms with E-state index in [1.807, 2.05) is 17.0 Å². The molecule has 1 aromatic carbocycles. The van der Waals surface area contributed by atoms with Crippen LogP contribution in [0.3, 0.4) is 0 Å². The third kappa shape index (κ3) is 3.84. The van der Waals surface area contributed by atoms with Crippen LogP contribution in [-0.2, 0) is 4.79 Å². The van der Waals surface area contributed by atoms with E-state index in [9.17, 15) is 9.59 Å². The minimum absolute atomic E-state index is 0.0694. The van der Waals surface area contributed by atoms with Gasteiger partial charge >= 0.3 is 0 Å². The lowest BCUT2D eigenvalue weighted by molar-refractivity contribution is -0.135. The smallest absolute Gasteiger partial charge is 0.276 e. The molecule has 0 aliphatic carbocycles. The second kappa shape index (κ2) is 7.70. The van der Waals surface area contributed by atoms with E-state index in [1.54, 1.807) is 23.1 Å². The summed E-state index contributed by atoms with van der Waals surface area (Å²) in [5, 5.41) is 7.67. The van der Waals surface area contributed by atoms with E-state index in [0.29, 0.717) is 37.0 Å². The molecule has 1 aromatic heterocycles. The Hall–Kier alpha value is -2.38. The molecule has 0 spiro atoms. The highest BCUT2D eigenvalue weighted by molar-refractivity contribution is 6.30. The zero-order valence-corrected chi connectivity index (χ0v) is 15.6. The van der Waals surface area contributed by atoms with E-state index < -0.39 is 0 Å². The maximum absolute atomic E-state index is 12.9. The zero-order valence-electron chi connectivity index (χ0n) is 14.9. The lowest BCUT2D eigenvalue weighted by atomic mass is 10.0. The molecule has 7 nitrogen and oxygen atoms in total. The monoisotopic (exact) mass is 388 g/mol. The molecule has 3 heterocycles. The van der Waals surface area contributed by atoms with Crippen molar-refractivity contribution in [1.82, 2.24) is 20.3 Å². The van der Waals surface area contributed by atoms with E-state index >= 15 is 0 Å². The number of carbonyl (C=O) groups excluding carboxylic acids is 2. The average Bonchev–Trinajstić information content (AvgIpc) is 3.18. The Balaban J connectivity index is 1.46. The molecule has 8 heteroatoms. The standard InChI is InChI=1S/C19H21ClN4O3/c20-14-5-3-13(4-6-14)17-10-16(22-27-17)19(26)23-8-1-2-15(12-23)24-9-7-21-11-18(24)25/h3-6,10,15,21H,1-2,7-9,11-12H2. The van der Waals surface area contributed by atoms with E-state index in [-0.39, 0.29) is 23.6 Å². The number of piperazine rings is 1. The van der Waals surface area contributed by atoms with Crippen LogP contribution in [0.2, 0.25) is 5.02 Å². The summed E-state index contributed by atoms with van der Waals surface area (Å²) < 4.78 is 5.35. The number of nitrogens with one attached hydrogen (secondary N) is 1. The van der Waals surface area contributed by atoms with Gasteiger partial charge in [-0.25, -0.2) is 0 Å². The van der Waals surface area contributed by atoms with E-state index in [2.05, 4.69) is 10.5 Å². The topological polar surface area (TPSA) is 78.7 Å². The van der Waals surface area contributed by atoms with Crippen molar-refractivity contribution >= 4 is 23.4 Å². The fourth-order valence-corrected chi connectivity index (χ4v) is 3.82. The number of hydrogen-bond donors (Lipinski definition) is 1. The first kappa shape index (κ1) is 18.0. The first-order chi connectivity index (χ1) is 13.1.